The summed E-state index contributed by atoms with van der Waals surface area (Å²) in [6.45, 7) is 0.433. The van der Waals surface area contributed by atoms with Crippen LogP contribution in [0.2, 0.25) is 0 Å². The van der Waals surface area contributed by atoms with E-state index in [4.69, 9.17) is 5.73 Å². The van der Waals surface area contributed by atoms with Crippen LogP contribution in [0.15, 0.2) is 36.7 Å². The molecule has 0 aliphatic rings. The minimum Gasteiger partial charge on any atom is -0.330 e. The molecule has 0 saturated heterocycles. The SMILES string of the molecule is NCCc1ncc(-c2cccc(C(F)(F)F)c2)cn1. The third kappa shape index (κ3) is 3.29. The molecule has 0 amide bonds. The van der Waals surface area contributed by atoms with E-state index in [2.05, 4.69) is 9.97 Å². The van der Waals surface area contributed by atoms with Crippen molar-refractivity contribution >= 4 is 0 Å². The molecule has 1 aromatic carbocycles. The number of aromatic nitrogens is 2. The molecule has 2 N–H and O–H groups in total. The van der Waals surface area contributed by atoms with Gasteiger partial charge in [-0.3, -0.25) is 0 Å². The molecule has 19 heavy (non-hydrogen) atoms. The van der Waals surface area contributed by atoms with Crippen LogP contribution in [-0.4, -0.2) is 16.5 Å². The van der Waals surface area contributed by atoms with Gasteiger partial charge in [0.1, 0.15) is 5.82 Å². The van der Waals surface area contributed by atoms with E-state index in [-0.39, 0.29) is 0 Å². The van der Waals surface area contributed by atoms with Crippen molar-refractivity contribution in [3.8, 4) is 11.1 Å². The van der Waals surface area contributed by atoms with Crippen molar-refractivity contribution in [3.05, 3.63) is 48.0 Å². The molecule has 0 aliphatic heterocycles. The van der Waals surface area contributed by atoms with Crippen LogP contribution >= 0.6 is 0 Å². The van der Waals surface area contributed by atoms with Crippen LogP contribution in [0.25, 0.3) is 11.1 Å². The second-order valence-electron chi connectivity index (χ2n) is 4.01. The molecule has 0 aliphatic carbocycles. The number of hydrogen-bond donors (Lipinski definition) is 1. The number of benzene rings is 1. The quantitative estimate of drug-likeness (QED) is 0.930. The lowest BCUT2D eigenvalue weighted by Gasteiger charge is -2.08. The van der Waals surface area contributed by atoms with Crippen molar-refractivity contribution in [2.45, 2.75) is 12.6 Å². The summed E-state index contributed by atoms with van der Waals surface area (Å²) < 4.78 is 37.8. The van der Waals surface area contributed by atoms with E-state index >= 15 is 0 Å². The van der Waals surface area contributed by atoms with E-state index in [1.807, 2.05) is 0 Å². The third-order valence-corrected chi connectivity index (χ3v) is 2.60. The molecule has 0 radical (unpaired) electrons. The zero-order valence-corrected chi connectivity index (χ0v) is 9.98. The molecule has 0 fully saturated rings. The van der Waals surface area contributed by atoms with Crippen LogP contribution in [0.5, 0.6) is 0 Å². The Morgan fingerprint density at radius 3 is 2.32 bits per heavy atom. The molecular weight excluding hydrogens is 255 g/mol. The summed E-state index contributed by atoms with van der Waals surface area (Å²) in [5.41, 5.74) is 5.68. The highest BCUT2D eigenvalue weighted by molar-refractivity contribution is 5.62. The van der Waals surface area contributed by atoms with Gasteiger partial charge in [0.2, 0.25) is 0 Å². The van der Waals surface area contributed by atoms with E-state index in [0.717, 1.165) is 12.1 Å². The smallest absolute Gasteiger partial charge is 0.330 e. The molecule has 0 unspecified atom stereocenters. The molecule has 0 saturated carbocycles. The Morgan fingerprint density at radius 1 is 1.05 bits per heavy atom. The second-order valence-corrected chi connectivity index (χ2v) is 4.01. The first-order chi connectivity index (χ1) is 9.00. The highest BCUT2D eigenvalue weighted by Gasteiger charge is 2.30. The fraction of sp³-hybridized carbons (Fsp3) is 0.231. The summed E-state index contributed by atoms with van der Waals surface area (Å²) in [6.07, 6.45) is -0.791. The van der Waals surface area contributed by atoms with Gasteiger partial charge in [0.25, 0.3) is 0 Å². The summed E-state index contributed by atoms with van der Waals surface area (Å²) in [5, 5.41) is 0. The van der Waals surface area contributed by atoms with Crippen LogP contribution < -0.4 is 5.73 Å². The van der Waals surface area contributed by atoms with Crippen molar-refractivity contribution in [1.29, 1.82) is 0 Å². The Kier molecular flexibility index (Phi) is 3.80. The van der Waals surface area contributed by atoms with Gasteiger partial charge in [0.15, 0.2) is 0 Å². The summed E-state index contributed by atoms with van der Waals surface area (Å²) in [5.74, 6) is 0.582. The van der Waals surface area contributed by atoms with E-state index < -0.39 is 11.7 Å². The molecule has 2 aromatic rings. The number of hydrogen-bond acceptors (Lipinski definition) is 3. The van der Waals surface area contributed by atoms with Crippen molar-refractivity contribution in [2.24, 2.45) is 5.73 Å². The molecule has 0 spiro atoms. The second kappa shape index (κ2) is 5.36. The van der Waals surface area contributed by atoms with Gasteiger partial charge in [0.05, 0.1) is 5.56 Å². The minimum atomic E-state index is -4.35. The van der Waals surface area contributed by atoms with Gasteiger partial charge in [-0.05, 0) is 24.2 Å². The maximum absolute atomic E-state index is 12.6. The van der Waals surface area contributed by atoms with E-state index in [1.165, 1.54) is 18.5 Å². The first-order valence-corrected chi connectivity index (χ1v) is 5.69. The van der Waals surface area contributed by atoms with Gasteiger partial charge >= 0.3 is 6.18 Å². The predicted octanol–water partition coefficient (Wildman–Crippen LogP) is 2.66. The fourth-order valence-corrected chi connectivity index (χ4v) is 1.64. The molecule has 3 nitrogen and oxygen atoms in total. The van der Waals surface area contributed by atoms with E-state index in [0.29, 0.717) is 29.9 Å². The maximum Gasteiger partial charge on any atom is 0.416 e. The third-order valence-electron chi connectivity index (χ3n) is 2.60. The Hall–Kier alpha value is -1.95. The number of alkyl halides is 3. The average molecular weight is 267 g/mol. The van der Waals surface area contributed by atoms with Gasteiger partial charge in [-0.15, -0.1) is 0 Å². The zero-order chi connectivity index (χ0) is 13.9. The summed E-state index contributed by atoms with van der Waals surface area (Å²) in [7, 11) is 0. The lowest BCUT2D eigenvalue weighted by molar-refractivity contribution is -0.137. The number of halogens is 3. The van der Waals surface area contributed by atoms with Crippen molar-refractivity contribution in [3.63, 3.8) is 0 Å². The van der Waals surface area contributed by atoms with Crippen LogP contribution in [0.4, 0.5) is 13.2 Å². The Morgan fingerprint density at radius 2 is 1.74 bits per heavy atom. The van der Waals surface area contributed by atoms with Crippen LogP contribution in [0, 0.1) is 0 Å². The number of rotatable bonds is 3. The summed E-state index contributed by atoms with van der Waals surface area (Å²) in [6, 6.07) is 5.08. The molecule has 1 heterocycles. The topological polar surface area (TPSA) is 51.8 Å². The molecule has 100 valence electrons. The van der Waals surface area contributed by atoms with Crippen molar-refractivity contribution in [1.82, 2.24) is 9.97 Å². The van der Waals surface area contributed by atoms with Gasteiger partial charge in [-0.2, -0.15) is 13.2 Å². The highest BCUT2D eigenvalue weighted by Crippen LogP contribution is 2.31. The van der Waals surface area contributed by atoms with Crippen molar-refractivity contribution in [2.75, 3.05) is 6.54 Å². The van der Waals surface area contributed by atoms with Gasteiger partial charge in [0, 0.05) is 24.4 Å². The Balaban J connectivity index is 2.31. The van der Waals surface area contributed by atoms with Crippen LogP contribution in [-0.2, 0) is 12.6 Å². The van der Waals surface area contributed by atoms with Gasteiger partial charge < -0.3 is 5.73 Å². The lowest BCUT2D eigenvalue weighted by Crippen LogP contribution is -2.06. The molecule has 0 bridgehead atoms. The standard InChI is InChI=1S/C13H12F3N3/c14-13(15,16)11-3-1-2-9(6-11)10-7-18-12(4-5-17)19-8-10/h1-3,6-8H,4-5,17H2. The summed E-state index contributed by atoms with van der Waals surface area (Å²) >= 11 is 0. The number of nitrogens with two attached hydrogens (primary N) is 1. The van der Waals surface area contributed by atoms with E-state index in [1.54, 1.807) is 6.07 Å². The molecular formula is C13H12F3N3. The van der Waals surface area contributed by atoms with E-state index in [9.17, 15) is 13.2 Å². The monoisotopic (exact) mass is 267 g/mol. The Bertz CT molecular complexity index is 550. The summed E-state index contributed by atoms with van der Waals surface area (Å²) in [4.78, 5) is 8.13. The van der Waals surface area contributed by atoms with Gasteiger partial charge in [-0.25, -0.2) is 9.97 Å². The molecule has 1 aromatic heterocycles. The highest BCUT2D eigenvalue weighted by atomic mass is 19.4. The predicted molar refractivity (Wildman–Crippen MR) is 65.2 cm³/mol. The first kappa shape index (κ1) is 13.5. The minimum absolute atomic E-state index is 0.433. The normalized spacial score (nSPS) is 11.6. The molecule has 2 rings (SSSR count). The number of nitrogens with zero attached hydrogens (tertiary/aromatic N) is 2. The zero-order valence-electron chi connectivity index (χ0n) is 9.98. The molecule has 0 atom stereocenters. The molecule has 6 heteroatoms. The largest absolute Gasteiger partial charge is 0.416 e. The first-order valence-electron chi connectivity index (χ1n) is 5.69. The fourth-order valence-electron chi connectivity index (χ4n) is 1.64. The van der Waals surface area contributed by atoms with Crippen LogP contribution in [0.1, 0.15) is 11.4 Å². The average Bonchev–Trinajstić information content (AvgIpc) is 2.39. The maximum atomic E-state index is 12.6. The lowest BCUT2D eigenvalue weighted by atomic mass is 10.1. The van der Waals surface area contributed by atoms with Gasteiger partial charge in [-0.1, -0.05) is 12.1 Å². The van der Waals surface area contributed by atoms with Crippen LogP contribution in [0.3, 0.4) is 0 Å². The Labute approximate surface area is 108 Å². The van der Waals surface area contributed by atoms with Crippen molar-refractivity contribution < 1.29 is 13.2 Å².